The van der Waals surface area contributed by atoms with Crippen LogP contribution in [-0.4, -0.2) is 24.5 Å². The number of ether oxygens (including phenoxy) is 2. The van der Waals surface area contributed by atoms with Crippen LogP contribution in [0.2, 0.25) is 0 Å². The maximum Gasteiger partial charge on any atom is 0.337 e. The topological polar surface area (TPSA) is 52.6 Å². The second-order valence-electron chi connectivity index (χ2n) is 9.27. The highest BCUT2D eigenvalue weighted by Gasteiger charge is 2.48. The minimum absolute atomic E-state index is 0.0561. The van der Waals surface area contributed by atoms with E-state index in [1.165, 1.54) is 19.1 Å². The van der Waals surface area contributed by atoms with Crippen molar-refractivity contribution in [3.05, 3.63) is 70.0 Å². The van der Waals surface area contributed by atoms with Crippen LogP contribution in [0.25, 0.3) is 0 Å². The monoisotopic (exact) mass is 420 g/mol. The Balaban J connectivity index is 1.76. The molecule has 31 heavy (non-hydrogen) atoms. The second-order valence-corrected chi connectivity index (χ2v) is 9.27. The third-order valence-corrected chi connectivity index (χ3v) is 6.75. The van der Waals surface area contributed by atoms with Gasteiger partial charge in [0.25, 0.3) is 0 Å². The standard InChI is InChI=1S/C27H32O4/c1-18(2)25-23(26(29)30-3)17-27(31-25,16-19-10-6-4-7-11-19)21-14-22(24(28)15-21)20-12-8-5-9-13-20/h4,6-7,10-11,14,18H,5,8-9,12-13,15-17H2,1-3H3. The maximum absolute atomic E-state index is 13.1. The summed E-state index contributed by atoms with van der Waals surface area (Å²) in [6.45, 7) is 4.06. The lowest BCUT2D eigenvalue weighted by Crippen LogP contribution is -2.34. The van der Waals surface area contributed by atoms with E-state index in [0.717, 1.165) is 42.4 Å². The molecule has 1 fully saturated rings. The molecule has 164 valence electrons. The van der Waals surface area contributed by atoms with Gasteiger partial charge in [-0.05, 0) is 42.9 Å². The van der Waals surface area contributed by atoms with E-state index in [0.29, 0.717) is 30.6 Å². The number of esters is 1. The van der Waals surface area contributed by atoms with Crippen LogP contribution in [0.15, 0.2) is 64.5 Å². The fourth-order valence-electron chi connectivity index (χ4n) is 5.17. The number of methoxy groups -OCH3 is 1. The van der Waals surface area contributed by atoms with E-state index in [1.807, 2.05) is 32.0 Å². The first-order valence-corrected chi connectivity index (χ1v) is 11.4. The lowest BCUT2D eigenvalue weighted by molar-refractivity contribution is -0.136. The van der Waals surface area contributed by atoms with Crippen LogP contribution in [0.1, 0.15) is 64.4 Å². The van der Waals surface area contributed by atoms with Crippen LogP contribution < -0.4 is 0 Å². The molecular formula is C27H32O4. The second kappa shape index (κ2) is 8.86. The normalized spacial score (nSPS) is 24.0. The number of benzene rings is 1. The number of allylic oxidation sites excluding steroid dienone is 4. The molecule has 0 spiro atoms. The average molecular weight is 421 g/mol. The van der Waals surface area contributed by atoms with Crippen LogP contribution in [-0.2, 0) is 25.5 Å². The molecule has 1 heterocycles. The molecule has 2 aliphatic carbocycles. The summed E-state index contributed by atoms with van der Waals surface area (Å²) in [6, 6.07) is 10.2. The van der Waals surface area contributed by atoms with Crippen LogP contribution >= 0.6 is 0 Å². The predicted octanol–water partition coefficient (Wildman–Crippen LogP) is 5.63. The van der Waals surface area contributed by atoms with Gasteiger partial charge in [-0.1, -0.05) is 56.2 Å². The van der Waals surface area contributed by atoms with Gasteiger partial charge in [0.15, 0.2) is 5.78 Å². The summed E-state index contributed by atoms with van der Waals surface area (Å²) in [6.07, 6.45) is 9.10. The van der Waals surface area contributed by atoms with Crippen molar-refractivity contribution in [2.75, 3.05) is 7.11 Å². The molecule has 1 aliphatic heterocycles. The van der Waals surface area contributed by atoms with E-state index in [4.69, 9.17) is 9.47 Å². The molecule has 3 aliphatic rings. The Morgan fingerprint density at radius 2 is 1.84 bits per heavy atom. The zero-order valence-corrected chi connectivity index (χ0v) is 18.8. The van der Waals surface area contributed by atoms with E-state index in [2.05, 4.69) is 18.2 Å². The summed E-state index contributed by atoms with van der Waals surface area (Å²) >= 11 is 0. The SMILES string of the molecule is COC(=O)C1=C(C(C)C)OC(Cc2ccccc2)(C2=CC(=C3CCCCC3)C(=O)C2)C1. The van der Waals surface area contributed by atoms with Gasteiger partial charge in [-0.25, -0.2) is 4.79 Å². The predicted molar refractivity (Wildman–Crippen MR) is 120 cm³/mol. The van der Waals surface area contributed by atoms with E-state index < -0.39 is 5.60 Å². The Labute approximate surface area is 185 Å². The van der Waals surface area contributed by atoms with Gasteiger partial charge in [-0.3, -0.25) is 4.79 Å². The summed E-state index contributed by atoms with van der Waals surface area (Å²) < 4.78 is 11.7. The highest BCUT2D eigenvalue weighted by molar-refractivity contribution is 6.04. The van der Waals surface area contributed by atoms with Crippen LogP contribution in [0, 0.1) is 5.92 Å². The molecule has 0 N–H and O–H groups in total. The molecule has 4 nitrogen and oxygen atoms in total. The first-order valence-electron chi connectivity index (χ1n) is 11.4. The third-order valence-electron chi connectivity index (χ3n) is 6.75. The first kappa shape index (κ1) is 21.6. The van der Waals surface area contributed by atoms with Gasteiger partial charge in [0, 0.05) is 30.8 Å². The van der Waals surface area contributed by atoms with Crippen molar-refractivity contribution < 1.29 is 19.1 Å². The Morgan fingerprint density at radius 1 is 1.13 bits per heavy atom. The van der Waals surface area contributed by atoms with Crippen molar-refractivity contribution in [3.63, 3.8) is 0 Å². The van der Waals surface area contributed by atoms with E-state index in [1.54, 1.807) is 0 Å². The van der Waals surface area contributed by atoms with Crippen molar-refractivity contribution in [1.82, 2.24) is 0 Å². The number of carbonyl (C=O) groups excluding carboxylic acids is 2. The maximum atomic E-state index is 13.1. The number of ketones is 1. The Morgan fingerprint density at radius 3 is 2.48 bits per heavy atom. The number of rotatable bonds is 5. The smallest absolute Gasteiger partial charge is 0.337 e. The fourth-order valence-corrected chi connectivity index (χ4v) is 5.17. The molecule has 1 atom stereocenters. The van der Waals surface area contributed by atoms with Crippen molar-refractivity contribution in [1.29, 1.82) is 0 Å². The Hall–Kier alpha value is -2.62. The zero-order valence-electron chi connectivity index (χ0n) is 18.8. The summed E-state index contributed by atoms with van der Waals surface area (Å²) in [5.41, 5.74) is 4.18. The number of carbonyl (C=O) groups is 2. The molecule has 4 rings (SSSR count). The Kier molecular flexibility index (Phi) is 6.17. The quantitative estimate of drug-likeness (QED) is 0.457. The van der Waals surface area contributed by atoms with Crippen LogP contribution in [0.4, 0.5) is 0 Å². The Bertz CT molecular complexity index is 956. The zero-order chi connectivity index (χ0) is 22.0. The van der Waals surface area contributed by atoms with Crippen molar-refractivity contribution >= 4 is 11.8 Å². The first-order chi connectivity index (χ1) is 14.9. The van der Waals surface area contributed by atoms with E-state index in [9.17, 15) is 9.59 Å². The lowest BCUT2D eigenvalue weighted by Gasteiger charge is -2.32. The minimum atomic E-state index is -0.725. The summed E-state index contributed by atoms with van der Waals surface area (Å²) in [7, 11) is 1.41. The molecule has 0 bridgehead atoms. The van der Waals surface area contributed by atoms with Gasteiger partial charge in [0.05, 0.1) is 12.7 Å². The van der Waals surface area contributed by atoms with E-state index >= 15 is 0 Å². The number of hydrogen-bond donors (Lipinski definition) is 0. The van der Waals surface area contributed by atoms with Gasteiger partial charge in [-0.2, -0.15) is 0 Å². The molecule has 0 saturated heterocycles. The fraction of sp³-hybridized carbons (Fsp3) is 0.481. The van der Waals surface area contributed by atoms with Crippen molar-refractivity contribution in [2.45, 2.75) is 70.8 Å². The van der Waals surface area contributed by atoms with Gasteiger partial charge < -0.3 is 9.47 Å². The molecule has 0 amide bonds. The summed E-state index contributed by atoms with van der Waals surface area (Å²) in [5, 5.41) is 0. The van der Waals surface area contributed by atoms with Gasteiger partial charge in [0.2, 0.25) is 0 Å². The van der Waals surface area contributed by atoms with Crippen molar-refractivity contribution in [2.24, 2.45) is 5.92 Å². The van der Waals surface area contributed by atoms with E-state index in [-0.39, 0.29) is 17.7 Å². The van der Waals surface area contributed by atoms with Crippen molar-refractivity contribution in [3.8, 4) is 0 Å². The molecule has 0 aromatic heterocycles. The largest absolute Gasteiger partial charge is 0.486 e. The summed E-state index contributed by atoms with van der Waals surface area (Å²) in [5.74, 6) is 0.602. The summed E-state index contributed by atoms with van der Waals surface area (Å²) in [4.78, 5) is 25.7. The van der Waals surface area contributed by atoms with Gasteiger partial charge >= 0.3 is 5.97 Å². The third kappa shape index (κ3) is 4.26. The average Bonchev–Trinajstić information content (AvgIpc) is 3.37. The number of Topliss-reactive ketones (excluding diaryl/α,β-unsaturated/α-hetero) is 1. The number of hydrogen-bond acceptors (Lipinski definition) is 4. The minimum Gasteiger partial charge on any atom is -0.486 e. The molecule has 4 heteroatoms. The molecular weight excluding hydrogens is 388 g/mol. The molecule has 1 unspecified atom stereocenters. The highest BCUT2D eigenvalue weighted by Crippen LogP contribution is 2.48. The lowest BCUT2D eigenvalue weighted by atomic mass is 9.82. The molecule has 1 saturated carbocycles. The molecule has 1 aromatic rings. The molecule has 1 aromatic carbocycles. The van der Waals surface area contributed by atoms with Crippen LogP contribution in [0.3, 0.4) is 0 Å². The van der Waals surface area contributed by atoms with Crippen LogP contribution in [0.5, 0.6) is 0 Å². The van der Waals surface area contributed by atoms with Gasteiger partial charge in [0.1, 0.15) is 11.4 Å². The molecule has 0 radical (unpaired) electrons. The highest BCUT2D eigenvalue weighted by atomic mass is 16.5. The van der Waals surface area contributed by atoms with Gasteiger partial charge in [-0.15, -0.1) is 0 Å².